The monoisotopic (exact) mass is 421 g/mol. The van der Waals surface area contributed by atoms with Crippen molar-refractivity contribution in [3.8, 4) is 0 Å². The van der Waals surface area contributed by atoms with Gasteiger partial charge in [-0.1, -0.05) is 12.1 Å². The van der Waals surface area contributed by atoms with Crippen LogP contribution in [-0.2, 0) is 6.54 Å². The van der Waals surface area contributed by atoms with Crippen LogP contribution in [0.3, 0.4) is 0 Å². The molecular weight excluding hydrogens is 394 g/mol. The Labute approximate surface area is 180 Å². The molecule has 0 unspecified atom stereocenters. The number of amides is 3. The Balaban J connectivity index is 1.78. The molecule has 0 radical (unpaired) electrons. The number of carbonyl (C=O) groups is 2. The molecule has 3 rings (SSSR count). The van der Waals surface area contributed by atoms with E-state index in [0.717, 1.165) is 0 Å². The molecule has 3 aromatic rings. The van der Waals surface area contributed by atoms with E-state index >= 15 is 0 Å². The summed E-state index contributed by atoms with van der Waals surface area (Å²) in [6.07, 6.45) is 0. The molecule has 0 spiro atoms. The highest BCUT2D eigenvalue weighted by atomic mass is 16.2. The second-order valence-corrected chi connectivity index (χ2v) is 7.89. The molecule has 31 heavy (non-hydrogen) atoms. The van der Waals surface area contributed by atoms with Gasteiger partial charge < -0.3 is 20.5 Å². The molecule has 0 saturated carbocycles. The molecule has 162 valence electrons. The third-order valence-corrected chi connectivity index (χ3v) is 4.68. The number of hydrogen-bond acceptors (Lipinski definition) is 4. The van der Waals surface area contributed by atoms with Crippen LogP contribution in [0.1, 0.15) is 43.9 Å². The van der Waals surface area contributed by atoms with Gasteiger partial charge in [0.05, 0.1) is 17.4 Å². The lowest BCUT2D eigenvalue weighted by molar-refractivity contribution is 0.0685. The Morgan fingerprint density at radius 1 is 1.03 bits per heavy atom. The summed E-state index contributed by atoms with van der Waals surface area (Å²) < 4.78 is 0. The van der Waals surface area contributed by atoms with Crippen molar-refractivity contribution in [1.29, 1.82) is 0 Å². The van der Waals surface area contributed by atoms with Gasteiger partial charge in [-0.25, -0.2) is 9.78 Å². The number of H-pyrrole nitrogens is 1. The highest BCUT2D eigenvalue weighted by Crippen LogP contribution is 2.15. The quantitative estimate of drug-likeness (QED) is 0.566. The van der Waals surface area contributed by atoms with Gasteiger partial charge in [0.2, 0.25) is 0 Å². The van der Waals surface area contributed by atoms with Gasteiger partial charge in [-0.2, -0.15) is 0 Å². The van der Waals surface area contributed by atoms with E-state index in [1.54, 1.807) is 47.4 Å². The van der Waals surface area contributed by atoms with E-state index in [0.29, 0.717) is 28.0 Å². The smallest absolute Gasteiger partial charge is 0.319 e. The summed E-state index contributed by atoms with van der Waals surface area (Å²) in [6, 6.07) is 13.4. The van der Waals surface area contributed by atoms with E-state index in [1.165, 1.54) is 0 Å². The summed E-state index contributed by atoms with van der Waals surface area (Å²) in [5.41, 5.74) is 1.43. The van der Waals surface area contributed by atoms with Crippen molar-refractivity contribution in [1.82, 2.24) is 20.2 Å². The zero-order valence-electron chi connectivity index (χ0n) is 18.1. The highest BCUT2D eigenvalue weighted by Gasteiger charge is 2.20. The van der Waals surface area contributed by atoms with E-state index < -0.39 is 0 Å². The predicted molar refractivity (Wildman–Crippen MR) is 121 cm³/mol. The molecule has 8 nitrogen and oxygen atoms in total. The van der Waals surface area contributed by atoms with Gasteiger partial charge in [-0.15, -0.1) is 0 Å². The van der Waals surface area contributed by atoms with Crippen LogP contribution in [0.5, 0.6) is 0 Å². The SMILES string of the molecule is CC(C)NC(=O)Nc1ccc(C(=O)N(Cc2nc3ccccc3c(=O)[nH]2)C(C)C)cc1. The molecule has 0 aliphatic heterocycles. The first kappa shape index (κ1) is 22.0. The third kappa shape index (κ3) is 5.48. The zero-order chi connectivity index (χ0) is 22.5. The van der Waals surface area contributed by atoms with E-state index in [1.807, 2.05) is 33.8 Å². The summed E-state index contributed by atoms with van der Waals surface area (Å²) >= 11 is 0. The number of fused-ring (bicyclic) bond motifs is 1. The normalized spacial score (nSPS) is 11.0. The molecule has 8 heteroatoms. The van der Waals surface area contributed by atoms with Crippen LogP contribution in [0.25, 0.3) is 10.9 Å². The van der Waals surface area contributed by atoms with E-state index in [-0.39, 0.29) is 36.1 Å². The van der Waals surface area contributed by atoms with Gasteiger partial charge in [-0.05, 0) is 64.1 Å². The number of benzene rings is 2. The topological polar surface area (TPSA) is 107 Å². The highest BCUT2D eigenvalue weighted by molar-refractivity contribution is 5.95. The van der Waals surface area contributed by atoms with Crippen molar-refractivity contribution in [2.45, 2.75) is 46.3 Å². The van der Waals surface area contributed by atoms with Crippen molar-refractivity contribution < 1.29 is 9.59 Å². The molecule has 0 aliphatic carbocycles. The second kappa shape index (κ2) is 9.42. The fraction of sp³-hybridized carbons (Fsp3) is 0.304. The van der Waals surface area contributed by atoms with Crippen LogP contribution < -0.4 is 16.2 Å². The number of nitrogens with one attached hydrogen (secondary N) is 3. The van der Waals surface area contributed by atoms with Gasteiger partial charge in [0, 0.05) is 23.3 Å². The Morgan fingerprint density at radius 2 is 1.71 bits per heavy atom. The number of hydrogen-bond donors (Lipinski definition) is 3. The number of nitrogens with zero attached hydrogens (tertiary/aromatic N) is 2. The molecule has 0 atom stereocenters. The minimum atomic E-state index is -0.302. The minimum absolute atomic E-state index is 0.0237. The Morgan fingerprint density at radius 3 is 2.35 bits per heavy atom. The maximum atomic E-state index is 13.1. The van der Waals surface area contributed by atoms with Crippen LogP contribution >= 0.6 is 0 Å². The standard InChI is InChI=1S/C23H27N5O3/c1-14(2)24-23(31)25-17-11-9-16(10-12-17)22(30)28(15(3)4)13-20-26-19-8-6-5-7-18(19)21(29)27-20/h5-12,14-15H,13H2,1-4H3,(H2,24,25,31)(H,26,27,29). The Kier molecular flexibility index (Phi) is 6.69. The number of anilines is 1. The van der Waals surface area contributed by atoms with Crippen molar-refractivity contribution in [3.05, 3.63) is 70.3 Å². The fourth-order valence-electron chi connectivity index (χ4n) is 3.15. The summed E-state index contributed by atoms with van der Waals surface area (Å²) in [5, 5.41) is 5.99. The van der Waals surface area contributed by atoms with Gasteiger partial charge >= 0.3 is 6.03 Å². The Bertz CT molecular complexity index is 1140. The summed E-state index contributed by atoms with van der Waals surface area (Å²) in [6.45, 7) is 7.73. The number of carbonyl (C=O) groups excluding carboxylic acids is 2. The first-order chi connectivity index (χ1) is 14.7. The van der Waals surface area contributed by atoms with Crippen LogP contribution in [-0.4, -0.2) is 38.9 Å². The van der Waals surface area contributed by atoms with Crippen LogP contribution in [0, 0.1) is 0 Å². The molecule has 3 N–H and O–H groups in total. The maximum absolute atomic E-state index is 13.1. The number of para-hydroxylation sites is 1. The van der Waals surface area contributed by atoms with E-state index in [9.17, 15) is 14.4 Å². The number of aromatic nitrogens is 2. The molecule has 2 aromatic carbocycles. The molecule has 0 bridgehead atoms. The van der Waals surface area contributed by atoms with Crippen LogP contribution in [0.2, 0.25) is 0 Å². The average Bonchev–Trinajstić information content (AvgIpc) is 2.71. The maximum Gasteiger partial charge on any atom is 0.319 e. The van der Waals surface area contributed by atoms with Gasteiger partial charge in [0.25, 0.3) is 11.5 Å². The number of urea groups is 1. The van der Waals surface area contributed by atoms with Crippen LogP contribution in [0.15, 0.2) is 53.3 Å². The van der Waals surface area contributed by atoms with Crippen LogP contribution in [0.4, 0.5) is 10.5 Å². The largest absolute Gasteiger partial charge is 0.336 e. The molecule has 3 amide bonds. The lowest BCUT2D eigenvalue weighted by atomic mass is 10.1. The summed E-state index contributed by atoms with van der Waals surface area (Å²) in [7, 11) is 0. The second-order valence-electron chi connectivity index (χ2n) is 7.89. The lowest BCUT2D eigenvalue weighted by Crippen LogP contribution is -2.37. The first-order valence-electron chi connectivity index (χ1n) is 10.2. The molecule has 0 aliphatic rings. The third-order valence-electron chi connectivity index (χ3n) is 4.68. The molecule has 1 heterocycles. The van der Waals surface area contributed by atoms with Gasteiger partial charge in [-0.3, -0.25) is 9.59 Å². The fourth-order valence-corrected chi connectivity index (χ4v) is 3.15. The van der Waals surface area contributed by atoms with Crippen molar-refractivity contribution in [2.24, 2.45) is 0 Å². The lowest BCUT2D eigenvalue weighted by Gasteiger charge is -2.26. The summed E-state index contributed by atoms with van der Waals surface area (Å²) in [5.74, 6) is 0.235. The van der Waals surface area contributed by atoms with Crippen molar-refractivity contribution in [3.63, 3.8) is 0 Å². The Hall–Kier alpha value is -3.68. The van der Waals surface area contributed by atoms with E-state index in [2.05, 4.69) is 20.6 Å². The molecular formula is C23H27N5O3. The van der Waals surface area contributed by atoms with Gasteiger partial charge in [0.1, 0.15) is 5.82 Å². The average molecular weight is 422 g/mol. The van der Waals surface area contributed by atoms with E-state index in [4.69, 9.17) is 0 Å². The summed E-state index contributed by atoms with van der Waals surface area (Å²) in [4.78, 5) is 46.2. The van der Waals surface area contributed by atoms with Gasteiger partial charge in [0.15, 0.2) is 0 Å². The zero-order valence-corrected chi connectivity index (χ0v) is 18.1. The minimum Gasteiger partial charge on any atom is -0.336 e. The number of rotatable bonds is 6. The van der Waals surface area contributed by atoms with Crippen molar-refractivity contribution >= 4 is 28.5 Å². The predicted octanol–water partition coefficient (Wildman–Crippen LogP) is 3.50. The molecule has 0 saturated heterocycles. The first-order valence-corrected chi connectivity index (χ1v) is 10.2. The molecule has 1 aromatic heterocycles. The molecule has 0 fully saturated rings. The van der Waals surface area contributed by atoms with Crippen molar-refractivity contribution in [2.75, 3.05) is 5.32 Å². The number of aromatic amines is 1.